The Morgan fingerprint density at radius 1 is 1.35 bits per heavy atom. The highest BCUT2D eigenvalue weighted by Gasteiger charge is 2.17. The lowest BCUT2D eigenvalue weighted by molar-refractivity contribution is 0.0994. The number of nitrogen functional groups attached to an aromatic ring is 1. The lowest BCUT2D eigenvalue weighted by Crippen LogP contribution is -2.16. The number of aryl methyl sites for hydroxylation is 1. The Morgan fingerprint density at radius 2 is 2.00 bits per heavy atom. The van der Waals surface area contributed by atoms with Gasteiger partial charge in [-0.1, -0.05) is 41.6 Å². The van der Waals surface area contributed by atoms with E-state index in [1.165, 1.54) is 17.8 Å². The van der Waals surface area contributed by atoms with Gasteiger partial charge in [0.05, 0.1) is 5.25 Å². The summed E-state index contributed by atoms with van der Waals surface area (Å²) < 4.78 is 0. The Hall–Kier alpha value is -2.08. The summed E-state index contributed by atoms with van der Waals surface area (Å²) in [4.78, 5) is 30.1. The van der Waals surface area contributed by atoms with Crippen molar-refractivity contribution < 1.29 is 4.79 Å². The molecule has 3 N–H and O–H groups in total. The Bertz CT molecular complexity index is 680. The lowest BCUT2D eigenvalue weighted by Gasteiger charge is -2.09. The maximum atomic E-state index is 12.3. The van der Waals surface area contributed by atoms with E-state index in [0.717, 1.165) is 5.56 Å². The van der Waals surface area contributed by atoms with Gasteiger partial charge in [0.25, 0.3) is 5.56 Å². The zero-order valence-corrected chi connectivity index (χ0v) is 12.0. The van der Waals surface area contributed by atoms with Crippen LogP contribution in [0.4, 0.5) is 5.82 Å². The first-order chi connectivity index (χ1) is 9.45. The fraction of sp³-hybridized carbons (Fsp3) is 0.214. The van der Waals surface area contributed by atoms with Crippen LogP contribution in [0.1, 0.15) is 22.8 Å². The molecule has 0 amide bonds. The molecule has 0 bridgehead atoms. The smallest absolute Gasteiger partial charge is 0.253 e. The van der Waals surface area contributed by atoms with E-state index in [1.807, 2.05) is 19.1 Å². The van der Waals surface area contributed by atoms with E-state index in [1.54, 1.807) is 19.1 Å². The van der Waals surface area contributed by atoms with E-state index >= 15 is 0 Å². The number of carbonyl (C=O) groups is 1. The SMILES string of the molecule is Cc1ccc(C(=O)C(C)Sc2nc(N)cc(=O)[nH]2)cc1. The second kappa shape index (κ2) is 5.92. The van der Waals surface area contributed by atoms with Crippen LogP contribution in [0.5, 0.6) is 0 Å². The molecule has 20 heavy (non-hydrogen) atoms. The Morgan fingerprint density at radius 3 is 2.60 bits per heavy atom. The van der Waals surface area contributed by atoms with E-state index in [-0.39, 0.29) is 22.4 Å². The molecule has 1 unspecified atom stereocenters. The summed E-state index contributed by atoms with van der Waals surface area (Å²) in [6.45, 7) is 3.74. The fourth-order valence-electron chi connectivity index (χ4n) is 1.68. The van der Waals surface area contributed by atoms with Crippen molar-refractivity contribution in [1.29, 1.82) is 0 Å². The summed E-state index contributed by atoms with van der Waals surface area (Å²) in [6, 6.07) is 8.58. The number of ketones is 1. The summed E-state index contributed by atoms with van der Waals surface area (Å²) in [5.74, 6) is 0.131. The number of thioether (sulfide) groups is 1. The number of rotatable bonds is 4. The van der Waals surface area contributed by atoms with Crippen molar-refractivity contribution in [2.24, 2.45) is 0 Å². The molecular weight excluding hydrogens is 274 g/mol. The molecule has 0 spiro atoms. The van der Waals surface area contributed by atoms with Crippen molar-refractivity contribution in [1.82, 2.24) is 9.97 Å². The van der Waals surface area contributed by atoms with Gasteiger partial charge in [-0.25, -0.2) is 4.98 Å². The third kappa shape index (κ3) is 3.48. The van der Waals surface area contributed by atoms with Crippen molar-refractivity contribution in [3.63, 3.8) is 0 Å². The molecule has 1 aromatic carbocycles. The second-order valence-corrected chi connectivity index (χ2v) is 5.80. The van der Waals surface area contributed by atoms with Crippen LogP contribution in [-0.4, -0.2) is 21.0 Å². The highest BCUT2D eigenvalue weighted by atomic mass is 32.2. The number of Topliss-reactive ketones (excluding diaryl/α,β-unsaturated/α-hetero) is 1. The van der Waals surface area contributed by atoms with Crippen LogP contribution in [-0.2, 0) is 0 Å². The summed E-state index contributed by atoms with van der Waals surface area (Å²) in [7, 11) is 0. The second-order valence-electron chi connectivity index (χ2n) is 4.47. The summed E-state index contributed by atoms with van der Waals surface area (Å²) in [5.41, 5.74) is 6.93. The quantitative estimate of drug-likeness (QED) is 0.510. The molecule has 2 rings (SSSR count). The predicted octanol–water partition coefficient (Wildman–Crippen LogP) is 2.02. The van der Waals surface area contributed by atoms with Crippen molar-refractivity contribution in [3.8, 4) is 0 Å². The van der Waals surface area contributed by atoms with Gasteiger partial charge in [-0.05, 0) is 13.8 Å². The van der Waals surface area contributed by atoms with Gasteiger partial charge in [-0.3, -0.25) is 9.59 Å². The van der Waals surface area contributed by atoms with E-state index < -0.39 is 0 Å². The number of nitrogens with one attached hydrogen (secondary N) is 1. The number of hydrogen-bond acceptors (Lipinski definition) is 5. The average Bonchev–Trinajstić information content (AvgIpc) is 2.37. The van der Waals surface area contributed by atoms with Crippen LogP contribution in [0.3, 0.4) is 0 Å². The molecule has 1 aromatic heterocycles. The number of anilines is 1. The minimum absolute atomic E-state index is 0.0138. The zero-order valence-electron chi connectivity index (χ0n) is 11.2. The largest absolute Gasteiger partial charge is 0.383 e. The van der Waals surface area contributed by atoms with Gasteiger partial charge in [0.1, 0.15) is 5.82 Å². The fourth-order valence-corrected chi connectivity index (χ4v) is 2.58. The highest BCUT2D eigenvalue weighted by Crippen LogP contribution is 2.22. The molecule has 0 aliphatic rings. The first-order valence-corrected chi connectivity index (χ1v) is 6.98. The average molecular weight is 289 g/mol. The molecule has 1 atom stereocenters. The number of nitrogens with two attached hydrogens (primary N) is 1. The topological polar surface area (TPSA) is 88.8 Å². The summed E-state index contributed by atoms with van der Waals surface area (Å²) in [6.07, 6.45) is 0. The van der Waals surface area contributed by atoms with Gasteiger partial charge in [0.15, 0.2) is 10.9 Å². The number of aromatic amines is 1. The maximum absolute atomic E-state index is 12.3. The lowest BCUT2D eigenvalue weighted by atomic mass is 10.1. The van der Waals surface area contributed by atoms with Crippen LogP contribution >= 0.6 is 11.8 Å². The molecule has 0 radical (unpaired) electrons. The minimum atomic E-state index is -0.359. The van der Waals surface area contributed by atoms with Crippen LogP contribution in [0.15, 0.2) is 40.3 Å². The van der Waals surface area contributed by atoms with Crippen molar-refractivity contribution in [3.05, 3.63) is 51.8 Å². The Labute approximate surface area is 120 Å². The maximum Gasteiger partial charge on any atom is 0.253 e. The normalized spacial score (nSPS) is 12.1. The number of benzene rings is 1. The molecule has 104 valence electrons. The summed E-state index contributed by atoms with van der Waals surface area (Å²) in [5, 5.41) is -0.00869. The van der Waals surface area contributed by atoms with Gasteiger partial charge < -0.3 is 10.7 Å². The van der Waals surface area contributed by atoms with Gasteiger partial charge in [0.2, 0.25) is 0 Å². The molecule has 0 fully saturated rings. The number of nitrogens with zero attached hydrogens (tertiary/aromatic N) is 1. The molecular formula is C14H15N3O2S. The van der Waals surface area contributed by atoms with Crippen LogP contribution < -0.4 is 11.3 Å². The van der Waals surface area contributed by atoms with Gasteiger partial charge in [-0.2, -0.15) is 0 Å². The first-order valence-electron chi connectivity index (χ1n) is 6.10. The predicted molar refractivity (Wildman–Crippen MR) is 80.1 cm³/mol. The third-order valence-electron chi connectivity index (χ3n) is 2.73. The number of aromatic nitrogens is 2. The first kappa shape index (κ1) is 14.3. The monoisotopic (exact) mass is 289 g/mol. The summed E-state index contributed by atoms with van der Waals surface area (Å²) >= 11 is 1.18. The minimum Gasteiger partial charge on any atom is -0.383 e. The van der Waals surface area contributed by atoms with E-state index in [9.17, 15) is 9.59 Å². The number of H-pyrrole nitrogens is 1. The Kier molecular flexibility index (Phi) is 4.24. The van der Waals surface area contributed by atoms with Crippen molar-refractivity contribution in [2.45, 2.75) is 24.3 Å². The third-order valence-corrected chi connectivity index (χ3v) is 3.72. The van der Waals surface area contributed by atoms with Crippen LogP contribution in [0, 0.1) is 6.92 Å². The van der Waals surface area contributed by atoms with E-state index in [2.05, 4.69) is 9.97 Å². The van der Waals surface area contributed by atoms with Crippen molar-refractivity contribution >= 4 is 23.4 Å². The van der Waals surface area contributed by atoms with Gasteiger partial charge in [0, 0.05) is 11.6 Å². The standard InChI is InChI=1S/C14H15N3O2S/c1-8-3-5-10(6-4-8)13(19)9(2)20-14-16-11(15)7-12(18)17-14/h3-7,9H,1-2H3,(H3,15,16,17,18). The molecule has 1 heterocycles. The molecule has 0 aliphatic carbocycles. The molecule has 0 saturated carbocycles. The van der Waals surface area contributed by atoms with E-state index in [0.29, 0.717) is 10.7 Å². The molecule has 2 aromatic rings. The van der Waals surface area contributed by atoms with Gasteiger partial charge in [-0.15, -0.1) is 0 Å². The molecule has 6 heteroatoms. The van der Waals surface area contributed by atoms with E-state index in [4.69, 9.17) is 5.73 Å². The molecule has 5 nitrogen and oxygen atoms in total. The highest BCUT2D eigenvalue weighted by molar-refractivity contribution is 8.00. The number of hydrogen-bond donors (Lipinski definition) is 2. The van der Waals surface area contributed by atoms with Crippen LogP contribution in [0.2, 0.25) is 0 Å². The van der Waals surface area contributed by atoms with Crippen LogP contribution in [0.25, 0.3) is 0 Å². The van der Waals surface area contributed by atoms with Crippen molar-refractivity contribution in [2.75, 3.05) is 5.73 Å². The Balaban J connectivity index is 2.15. The zero-order chi connectivity index (χ0) is 14.7. The van der Waals surface area contributed by atoms with Gasteiger partial charge >= 0.3 is 0 Å². The molecule has 0 aliphatic heterocycles. The molecule has 0 saturated heterocycles. The number of carbonyl (C=O) groups excluding carboxylic acids is 1.